The molecule has 3 atom stereocenters. The number of benzene rings is 1. The zero-order valence-electron chi connectivity index (χ0n) is 16.6. The molecule has 0 radical (unpaired) electrons. The van der Waals surface area contributed by atoms with Gasteiger partial charge in [-0.05, 0) is 36.5 Å². The molecule has 2 fully saturated rings. The molecular formula is C20H30BrN3O3S. The lowest BCUT2D eigenvalue weighted by Crippen LogP contribution is -2.52. The second-order valence-electron chi connectivity index (χ2n) is 8.08. The fourth-order valence-electron chi connectivity index (χ4n) is 4.15. The third kappa shape index (κ3) is 5.14. The standard InChI is InChI=1S/C20H30BrN3O3S/c1-15-5-3-8-19(16(15)2)22-20(25)14-23-9-11-24(12-10-23)28(26,27)18-7-4-6-17(21)13-18/h4,6-7,13,15-16,19H,3,5,8-12,14H2,1-2H3,(H,22,25)/t15-,16+,19+/m0/s1. The Morgan fingerprint density at radius 2 is 1.89 bits per heavy atom. The summed E-state index contributed by atoms with van der Waals surface area (Å²) in [4.78, 5) is 14.8. The van der Waals surface area contributed by atoms with Gasteiger partial charge < -0.3 is 5.32 Å². The number of nitrogens with zero attached hydrogens (tertiary/aromatic N) is 2. The minimum absolute atomic E-state index is 0.0502. The average molecular weight is 472 g/mol. The number of rotatable bonds is 5. The molecule has 1 aromatic rings. The molecule has 0 bridgehead atoms. The number of amides is 1. The van der Waals surface area contributed by atoms with E-state index in [9.17, 15) is 13.2 Å². The van der Waals surface area contributed by atoms with Crippen molar-refractivity contribution in [2.24, 2.45) is 11.8 Å². The number of halogens is 1. The number of carbonyl (C=O) groups is 1. The van der Waals surface area contributed by atoms with Gasteiger partial charge in [0.25, 0.3) is 0 Å². The van der Waals surface area contributed by atoms with E-state index in [1.54, 1.807) is 18.2 Å². The summed E-state index contributed by atoms with van der Waals surface area (Å²) in [5, 5.41) is 3.20. The fourth-order valence-corrected chi connectivity index (χ4v) is 6.17. The highest BCUT2D eigenvalue weighted by molar-refractivity contribution is 9.10. The van der Waals surface area contributed by atoms with Gasteiger partial charge >= 0.3 is 0 Å². The van der Waals surface area contributed by atoms with E-state index in [0.29, 0.717) is 49.5 Å². The summed E-state index contributed by atoms with van der Waals surface area (Å²) in [6, 6.07) is 7.04. The molecule has 0 aromatic heterocycles. The van der Waals surface area contributed by atoms with Gasteiger partial charge in [-0.15, -0.1) is 0 Å². The first-order chi connectivity index (χ1) is 13.3. The summed E-state index contributed by atoms with van der Waals surface area (Å²) >= 11 is 3.33. The number of hydrogen-bond donors (Lipinski definition) is 1. The van der Waals surface area contributed by atoms with Crippen molar-refractivity contribution in [3.8, 4) is 0 Å². The van der Waals surface area contributed by atoms with E-state index in [-0.39, 0.29) is 11.9 Å². The van der Waals surface area contributed by atoms with E-state index in [2.05, 4.69) is 35.1 Å². The Kier molecular flexibility index (Phi) is 7.17. The second-order valence-corrected chi connectivity index (χ2v) is 10.9. The molecule has 1 aromatic carbocycles. The minimum atomic E-state index is -3.50. The predicted molar refractivity (Wildman–Crippen MR) is 113 cm³/mol. The zero-order chi connectivity index (χ0) is 20.3. The maximum Gasteiger partial charge on any atom is 0.243 e. The van der Waals surface area contributed by atoms with Crippen LogP contribution < -0.4 is 5.32 Å². The molecule has 0 unspecified atom stereocenters. The molecule has 1 saturated heterocycles. The SMILES string of the molecule is C[C@@H]1[C@@H](C)CCC[C@H]1NC(=O)CN1CCN(S(=O)(=O)c2cccc(Br)c2)CC1. The fraction of sp³-hybridized carbons (Fsp3) is 0.650. The zero-order valence-corrected chi connectivity index (χ0v) is 19.0. The van der Waals surface area contributed by atoms with Crippen LogP contribution in [0.1, 0.15) is 33.1 Å². The summed E-state index contributed by atoms with van der Waals surface area (Å²) in [6.07, 6.45) is 3.46. The van der Waals surface area contributed by atoms with Crippen LogP contribution in [0, 0.1) is 11.8 Å². The average Bonchev–Trinajstić information content (AvgIpc) is 2.66. The lowest BCUT2D eigenvalue weighted by molar-refractivity contribution is -0.124. The Balaban J connectivity index is 1.50. The Bertz CT molecular complexity index is 794. The molecule has 8 heteroatoms. The number of hydrogen-bond acceptors (Lipinski definition) is 4. The van der Waals surface area contributed by atoms with Gasteiger partial charge in [-0.3, -0.25) is 9.69 Å². The van der Waals surface area contributed by atoms with Crippen LogP contribution in [0.15, 0.2) is 33.6 Å². The maximum atomic E-state index is 12.8. The Hall–Kier alpha value is -0.960. The van der Waals surface area contributed by atoms with Crippen LogP contribution in [0.4, 0.5) is 0 Å². The Morgan fingerprint density at radius 3 is 2.57 bits per heavy atom. The molecule has 0 spiro atoms. The summed E-state index contributed by atoms with van der Waals surface area (Å²) in [5.41, 5.74) is 0. The van der Waals surface area contributed by atoms with Crippen molar-refractivity contribution in [2.45, 2.75) is 44.0 Å². The van der Waals surface area contributed by atoms with Gasteiger partial charge in [-0.1, -0.05) is 48.7 Å². The van der Waals surface area contributed by atoms with E-state index < -0.39 is 10.0 Å². The van der Waals surface area contributed by atoms with Crippen molar-refractivity contribution in [1.82, 2.24) is 14.5 Å². The molecule has 6 nitrogen and oxygen atoms in total. The highest BCUT2D eigenvalue weighted by Gasteiger charge is 2.31. The summed E-state index contributed by atoms with van der Waals surface area (Å²) in [6.45, 7) is 6.75. The first-order valence-electron chi connectivity index (χ1n) is 10.0. The molecule has 1 amide bonds. The molecule has 1 saturated carbocycles. The van der Waals surface area contributed by atoms with Crippen LogP contribution in [-0.2, 0) is 14.8 Å². The smallest absolute Gasteiger partial charge is 0.243 e. The topological polar surface area (TPSA) is 69.7 Å². The van der Waals surface area contributed by atoms with Gasteiger partial charge in [-0.25, -0.2) is 8.42 Å². The van der Waals surface area contributed by atoms with Crippen molar-refractivity contribution in [3.05, 3.63) is 28.7 Å². The number of piperazine rings is 1. The van der Waals surface area contributed by atoms with E-state index in [1.165, 1.54) is 17.1 Å². The van der Waals surface area contributed by atoms with Crippen molar-refractivity contribution in [1.29, 1.82) is 0 Å². The minimum Gasteiger partial charge on any atom is -0.352 e. The summed E-state index contributed by atoms with van der Waals surface area (Å²) in [7, 11) is -3.50. The molecular weight excluding hydrogens is 442 g/mol. The monoisotopic (exact) mass is 471 g/mol. The Labute approximate surface area is 176 Å². The molecule has 1 aliphatic carbocycles. The summed E-state index contributed by atoms with van der Waals surface area (Å²) < 4.78 is 27.9. The van der Waals surface area contributed by atoms with E-state index in [1.807, 2.05) is 11.0 Å². The third-order valence-electron chi connectivity index (χ3n) is 6.19. The number of nitrogens with one attached hydrogen (secondary N) is 1. The molecule has 28 heavy (non-hydrogen) atoms. The molecule has 1 heterocycles. The van der Waals surface area contributed by atoms with Crippen LogP contribution in [-0.4, -0.2) is 62.3 Å². The van der Waals surface area contributed by atoms with E-state index in [4.69, 9.17) is 0 Å². The lowest BCUT2D eigenvalue weighted by atomic mass is 9.78. The Morgan fingerprint density at radius 1 is 1.18 bits per heavy atom. The van der Waals surface area contributed by atoms with Crippen LogP contribution in [0.5, 0.6) is 0 Å². The van der Waals surface area contributed by atoms with Gasteiger partial charge in [0.05, 0.1) is 11.4 Å². The second kappa shape index (κ2) is 9.24. The normalized spacial score (nSPS) is 27.5. The molecule has 1 aliphatic heterocycles. The largest absolute Gasteiger partial charge is 0.352 e. The van der Waals surface area contributed by atoms with Gasteiger partial charge in [0, 0.05) is 36.7 Å². The van der Waals surface area contributed by atoms with Crippen LogP contribution in [0.25, 0.3) is 0 Å². The summed E-state index contributed by atoms with van der Waals surface area (Å²) in [5.74, 6) is 1.20. The van der Waals surface area contributed by atoms with Crippen LogP contribution >= 0.6 is 15.9 Å². The van der Waals surface area contributed by atoms with Gasteiger partial charge in [0.15, 0.2) is 0 Å². The highest BCUT2D eigenvalue weighted by atomic mass is 79.9. The maximum absolute atomic E-state index is 12.8. The molecule has 2 aliphatic rings. The predicted octanol–water partition coefficient (Wildman–Crippen LogP) is 2.70. The van der Waals surface area contributed by atoms with Crippen molar-refractivity contribution in [3.63, 3.8) is 0 Å². The van der Waals surface area contributed by atoms with Gasteiger partial charge in [0.2, 0.25) is 15.9 Å². The lowest BCUT2D eigenvalue weighted by Gasteiger charge is -2.36. The van der Waals surface area contributed by atoms with E-state index in [0.717, 1.165) is 10.9 Å². The van der Waals surface area contributed by atoms with Crippen LogP contribution in [0.2, 0.25) is 0 Å². The van der Waals surface area contributed by atoms with Gasteiger partial charge in [0.1, 0.15) is 0 Å². The third-order valence-corrected chi connectivity index (χ3v) is 8.57. The van der Waals surface area contributed by atoms with Crippen LogP contribution in [0.3, 0.4) is 0 Å². The van der Waals surface area contributed by atoms with Gasteiger partial charge in [-0.2, -0.15) is 4.31 Å². The highest BCUT2D eigenvalue weighted by Crippen LogP contribution is 2.29. The van der Waals surface area contributed by atoms with E-state index >= 15 is 0 Å². The van der Waals surface area contributed by atoms with Crippen molar-refractivity contribution >= 4 is 31.9 Å². The first kappa shape index (κ1) is 21.7. The number of sulfonamides is 1. The first-order valence-corrected chi connectivity index (χ1v) is 12.3. The molecule has 1 N–H and O–H groups in total. The number of carbonyl (C=O) groups excluding carboxylic acids is 1. The van der Waals surface area contributed by atoms with Crippen molar-refractivity contribution in [2.75, 3.05) is 32.7 Å². The quantitative estimate of drug-likeness (QED) is 0.716. The van der Waals surface area contributed by atoms with Crippen molar-refractivity contribution < 1.29 is 13.2 Å². The molecule has 156 valence electrons. The molecule has 3 rings (SSSR count).